The third-order valence-electron chi connectivity index (χ3n) is 4.83. The molecule has 3 aromatic rings. The number of nitrogens with one attached hydrogen (secondary N) is 2. The lowest BCUT2D eigenvalue weighted by Gasteiger charge is -2.10. The first-order valence-corrected chi connectivity index (χ1v) is 10.5. The molecule has 0 aromatic heterocycles. The van der Waals surface area contributed by atoms with Crippen LogP contribution >= 0.6 is 0 Å². The van der Waals surface area contributed by atoms with Crippen molar-refractivity contribution in [2.24, 2.45) is 5.92 Å². The molecule has 0 unspecified atom stereocenters. The second-order valence-electron chi connectivity index (χ2n) is 7.77. The quantitative estimate of drug-likeness (QED) is 0.460. The SMILES string of the molecule is COc1ccc(NC(=O)c2ccc(NC(=O)c3ccc(OCCC(C)C)cc3)cc2)cc1. The Morgan fingerprint density at radius 1 is 0.719 bits per heavy atom. The number of anilines is 2. The van der Waals surface area contributed by atoms with Gasteiger partial charge in [0.05, 0.1) is 13.7 Å². The molecule has 6 heteroatoms. The van der Waals surface area contributed by atoms with Gasteiger partial charge in [0.2, 0.25) is 0 Å². The van der Waals surface area contributed by atoms with Crippen LogP contribution in [0.4, 0.5) is 11.4 Å². The molecular weight excluding hydrogens is 404 g/mol. The highest BCUT2D eigenvalue weighted by atomic mass is 16.5. The van der Waals surface area contributed by atoms with Crippen LogP contribution in [0.2, 0.25) is 0 Å². The molecule has 0 aliphatic heterocycles. The van der Waals surface area contributed by atoms with Gasteiger partial charge in [-0.15, -0.1) is 0 Å². The average molecular weight is 433 g/mol. The van der Waals surface area contributed by atoms with Gasteiger partial charge in [-0.1, -0.05) is 13.8 Å². The first kappa shape index (κ1) is 22.9. The molecular formula is C26H28N2O4. The van der Waals surface area contributed by atoms with Crippen molar-refractivity contribution in [2.75, 3.05) is 24.4 Å². The van der Waals surface area contributed by atoms with E-state index in [0.29, 0.717) is 35.0 Å². The number of rotatable bonds is 9. The number of ether oxygens (including phenoxy) is 2. The number of methoxy groups -OCH3 is 1. The van der Waals surface area contributed by atoms with Crippen molar-refractivity contribution >= 4 is 23.2 Å². The third-order valence-corrected chi connectivity index (χ3v) is 4.83. The summed E-state index contributed by atoms with van der Waals surface area (Å²) in [6.45, 7) is 4.95. The van der Waals surface area contributed by atoms with Gasteiger partial charge in [0.25, 0.3) is 11.8 Å². The maximum absolute atomic E-state index is 12.5. The summed E-state index contributed by atoms with van der Waals surface area (Å²) in [5.41, 5.74) is 2.29. The lowest BCUT2D eigenvalue weighted by atomic mass is 10.1. The molecule has 6 nitrogen and oxygen atoms in total. The molecule has 0 fully saturated rings. The van der Waals surface area contributed by atoms with Gasteiger partial charge in [0, 0.05) is 22.5 Å². The fourth-order valence-electron chi connectivity index (χ4n) is 2.90. The minimum Gasteiger partial charge on any atom is -0.497 e. The molecule has 0 saturated heterocycles. The minimum absolute atomic E-state index is 0.228. The van der Waals surface area contributed by atoms with Crippen molar-refractivity contribution in [3.63, 3.8) is 0 Å². The number of benzene rings is 3. The van der Waals surface area contributed by atoms with Crippen molar-refractivity contribution in [1.29, 1.82) is 0 Å². The molecule has 2 N–H and O–H groups in total. The van der Waals surface area contributed by atoms with Crippen LogP contribution in [0.15, 0.2) is 72.8 Å². The molecule has 0 heterocycles. The van der Waals surface area contributed by atoms with Crippen LogP contribution in [0, 0.1) is 5.92 Å². The zero-order chi connectivity index (χ0) is 22.9. The lowest BCUT2D eigenvalue weighted by Crippen LogP contribution is -2.13. The minimum atomic E-state index is -0.235. The molecule has 0 saturated carbocycles. The largest absolute Gasteiger partial charge is 0.497 e. The number of carbonyl (C=O) groups is 2. The highest BCUT2D eigenvalue weighted by molar-refractivity contribution is 6.06. The van der Waals surface area contributed by atoms with E-state index in [-0.39, 0.29) is 11.8 Å². The van der Waals surface area contributed by atoms with Crippen molar-refractivity contribution in [2.45, 2.75) is 20.3 Å². The molecule has 2 amide bonds. The smallest absolute Gasteiger partial charge is 0.255 e. The van der Waals surface area contributed by atoms with E-state index in [4.69, 9.17) is 9.47 Å². The number of carbonyl (C=O) groups excluding carboxylic acids is 2. The van der Waals surface area contributed by atoms with Crippen molar-refractivity contribution < 1.29 is 19.1 Å². The Morgan fingerprint density at radius 2 is 1.16 bits per heavy atom. The van der Waals surface area contributed by atoms with E-state index in [2.05, 4.69) is 24.5 Å². The van der Waals surface area contributed by atoms with Gasteiger partial charge in [0.15, 0.2) is 0 Å². The van der Waals surface area contributed by atoms with Crippen molar-refractivity contribution in [3.8, 4) is 11.5 Å². The second-order valence-corrected chi connectivity index (χ2v) is 7.77. The van der Waals surface area contributed by atoms with E-state index in [1.165, 1.54) is 0 Å². The normalized spacial score (nSPS) is 10.5. The maximum atomic E-state index is 12.5. The van der Waals surface area contributed by atoms with Crippen LogP contribution in [0.5, 0.6) is 11.5 Å². The Bertz CT molecular complexity index is 1030. The van der Waals surface area contributed by atoms with Crippen LogP contribution in [-0.2, 0) is 0 Å². The lowest BCUT2D eigenvalue weighted by molar-refractivity contribution is 0.102. The Morgan fingerprint density at radius 3 is 1.62 bits per heavy atom. The highest BCUT2D eigenvalue weighted by Crippen LogP contribution is 2.18. The highest BCUT2D eigenvalue weighted by Gasteiger charge is 2.09. The predicted octanol–water partition coefficient (Wildman–Crippen LogP) is 5.62. The second kappa shape index (κ2) is 11.0. The molecule has 0 aliphatic carbocycles. The Kier molecular flexibility index (Phi) is 7.86. The zero-order valence-electron chi connectivity index (χ0n) is 18.6. The van der Waals surface area contributed by atoms with Gasteiger partial charge in [0.1, 0.15) is 11.5 Å². The van der Waals surface area contributed by atoms with Crippen LogP contribution in [-0.4, -0.2) is 25.5 Å². The molecule has 0 spiro atoms. The van der Waals surface area contributed by atoms with Crippen LogP contribution < -0.4 is 20.1 Å². The molecule has 0 bridgehead atoms. The molecule has 0 radical (unpaired) electrons. The summed E-state index contributed by atoms with van der Waals surface area (Å²) < 4.78 is 10.8. The molecule has 3 aromatic carbocycles. The van der Waals surface area contributed by atoms with E-state index in [0.717, 1.165) is 17.9 Å². The standard InChI is InChI=1S/C26H28N2O4/c1-18(2)16-17-32-24-12-6-20(7-13-24)26(30)27-21-8-4-19(5-9-21)25(29)28-22-10-14-23(31-3)15-11-22/h4-15,18H,16-17H2,1-3H3,(H,27,30)(H,28,29). The molecule has 32 heavy (non-hydrogen) atoms. The van der Waals surface area contributed by atoms with E-state index >= 15 is 0 Å². The number of hydrogen-bond donors (Lipinski definition) is 2. The van der Waals surface area contributed by atoms with E-state index < -0.39 is 0 Å². The fourth-order valence-corrected chi connectivity index (χ4v) is 2.90. The summed E-state index contributed by atoms with van der Waals surface area (Å²) in [5.74, 6) is 1.58. The summed E-state index contributed by atoms with van der Waals surface area (Å²) in [6, 6.07) is 20.9. The summed E-state index contributed by atoms with van der Waals surface area (Å²) in [4.78, 5) is 24.9. The monoisotopic (exact) mass is 432 g/mol. The number of hydrogen-bond acceptors (Lipinski definition) is 4. The first-order chi connectivity index (χ1) is 15.4. The Balaban J connectivity index is 1.54. The van der Waals surface area contributed by atoms with Gasteiger partial charge in [-0.25, -0.2) is 0 Å². The Labute approximate surface area is 188 Å². The molecule has 166 valence electrons. The van der Waals surface area contributed by atoms with Crippen LogP contribution in [0.1, 0.15) is 41.0 Å². The Hall–Kier alpha value is -3.80. The van der Waals surface area contributed by atoms with E-state index in [1.54, 1.807) is 79.9 Å². The summed E-state index contributed by atoms with van der Waals surface area (Å²) in [5, 5.41) is 5.67. The van der Waals surface area contributed by atoms with Gasteiger partial charge >= 0.3 is 0 Å². The fraction of sp³-hybridized carbons (Fsp3) is 0.231. The first-order valence-electron chi connectivity index (χ1n) is 10.5. The van der Waals surface area contributed by atoms with E-state index in [9.17, 15) is 9.59 Å². The van der Waals surface area contributed by atoms with Crippen molar-refractivity contribution in [3.05, 3.63) is 83.9 Å². The van der Waals surface area contributed by atoms with Gasteiger partial charge in [-0.2, -0.15) is 0 Å². The van der Waals surface area contributed by atoms with Gasteiger partial charge in [-0.3, -0.25) is 9.59 Å². The maximum Gasteiger partial charge on any atom is 0.255 e. The van der Waals surface area contributed by atoms with E-state index in [1.807, 2.05) is 0 Å². The van der Waals surface area contributed by atoms with Gasteiger partial charge < -0.3 is 20.1 Å². The summed E-state index contributed by atoms with van der Waals surface area (Å²) in [6.07, 6.45) is 0.982. The molecule has 0 aliphatic rings. The average Bonchev–Trinajstić information content (AvgIpc) is 2.80. The van der Waals surface area contributed by atoms with Gasteiger partial charge in [-0.05, 0) is 85.1 Å². The van der Waals surface area contributed by atoms with Crippen molar-refractivity contribution in [1.82, 2.24) is 0 Å². The third kappa shape index (κ3) is 6.60. The summed E-state index contributed by atoms with van der Waals surface area (Å²) in [7, 11) is 1.59. The zero-order valence-corrected chi connectivity index (χ0v) is 18.6. The summed E-state index contributed by atoms with van der Waals surface area (Å²) >= 11 is 0. The molecule has 3 rings (SSSR count). The topological polar surface area (TPSA) is 76.7 Å². The van der Waals surface area contributed by atoms with Crippen LogP contribution in [0.3, 0.4) is 0 Å². The van der Waals surface area contributed by atoms with Crippen LogP contribution in [0.25, 0.3) is 0 Å². The molecule has 0 atom stereocenters. The predicted molar refractivity (Wildman–Crippen MR) is 127 cm³/mol. The number of amides is 2.